The number of anilines is 2. The van der Waals surface area contributed by atoms with Gasteiger partial charge in [0.1, 0.15) is 22.4 Å². The molecule has 0 atom stereocenters. The van der Waals surface area contributed by atoms with Gasteiger partial charge in [-0.1, -0.05) is 0 Å². The zero-order valence-corrected chi connectivity index (χ0v) is 13.7. The molecule has 4 rings (SSSR count). The summed E-state index contributed by atoms with van der Waals surface area (Å²) in [6, 6.07) is 5.85. The second-order valence-electron chi connectivity index (χ2n) is 5.51. The SMILES string of the molecule is Cc1nc(Nc2scnc2C2CC2)nc(Oc2ccc(F)cc2)n1. The third-order valence-electron chi connectivity index (χ3n) is 3.53. The lowest BCUT2D eigenvalue weighted by Crippen LogP contribution is -2.03. The number of hydrogen-bond acceptors (Lipinski definition) is 7. The largest absolute Gasteiger partial charge is 0.424 e. The lowest BCUT2D eigenvalue weighted by Gasteiger charge is -2.08. The van der Waals surface area contributed by atoms with Gasteiger partial charge in [0.05, 0.1) is 11.2 Å². The number of benzene rings is 1. The van der Waals surface area contributed by atoms with Gasteiger partial charge < -0.3 is 10.1 Å². The lowest BCUT2D eigenvalue weighted by atomic mass is 10.3. The van der Waals surface area contributed by atoms with Crippen LogP contribution in [0, 0.1) is 12.7 Å². The number of hydrogen-bond donors (Lipinski definition) is 1. The molecule has 0 spiro atoms. The molecule has 0 radical (unpaired) electrons. The van der Waals surface area contributed by atoms with Crippen molar-refractivity contribution < 1.29 is 9.13 Å². The number of nitrogens with zero attached hydrogens (tertiary/aromatic N) is 4. The number of aromatic nitrogens is 4. The predicted octanol–water partition coefficient (Wildman–Crippen LogP) is 4.19. The molecular formula is C16H14FN5OS. The Balaban J connectivity index is 1.56. The fourth-order valence-electron chi connectivity index (χ4n) is 2.26. The molecule has 1 aliphatic carbocycles. The van der Waals surface area contributed by atoms with E-state index in [4.69, 9.17) is 4.74 Å². The highest BCUT2D eigenvalue weighted by Gasteiger charge is 2.28. The Hall–Kier alpha value is -2.61. The lowest BCUT2D eigenvalue weighted by molar-refractivity contribution is 0.437. The topological polar surface area (TPSA) is 72.8 Å². The van der Waals surface area contributed by atoms with Crippen molar-refractivity contribution in [2.75, 3.05) is 5.32 Å². The highest BCUT2D eigenvalue weighted by Crippen LogP contribution is 2.44. The van der Waals surface area contributed by atoms with E-state index in [1.807, 2.05) is 5.51 Å². The van der Waals surface area contributed by atoms with E-state index >= 15 is 0 Å². The van der Waals surface area contributed by atoms with Crippen LogP contribution < -0.4 is 10.1 Å². The first-order valence-electron chi connectivity index (χ1n) is 7.54. The molecule has 1 saturated carbocycles. The Labute approximate surface area is 141 Å². The molecule has 1 N–H and O–H groups in total. The van der Waals surface area contributed by atoms with Crippen molar-refractivity contribution >= 4 is 22.3 Å². The molecule has 2 heterocycles. The summed E-state index contributed by atoms with van der Waals surface area (Å²) in [5, 5.41) is 4.16. The minimum absolute atomic E-state index is 0.161. The van der Waals surface area contributed by atoms with Crippen molar-refractivity contribution in [1.29, 1.82) is 0 Å². The molecule has 24 heavy (non-hydrogen) atoms. The smallest absolute Gasteiger partial charge is 0.327 e. The van der Waals surface area contributed by atoms with Crippen LogP contribution in [0.15, 0.2) is 29.8 Å². The number of aryl methyl sites for hydroxylation is 1. The van der Waals surface area contributed by atoms with Crippen LogP contribution in [0.4, 0.5) is 15.3 Å². The Morgan fingerprint density at radius 1 is 1.17 bits per heavy atom. The average Bonchev–Trinajstić information content (AvgIpc) is 3.29. The van der Waals surface area contributed by atoms with E-state index in [0.717, 1.165) is 10.7 Å². The van der Waals surface area contributed by atoms with Gasteiger partial charge in [-0.25, -0.2) is 9.37 Å². The maximum Gasteiger partial charge on any atom is 0.327 e. The monoisotopic (exact) mass is 343 g/mol. The molecule has 0 unspecified atom stereocenters. The molecule has 1 aromatic carbocycles. The first-order chi connectivity index (χ1) is 11.7. The number of thiazole rings is 1. The number of halogens is 1. The maximum atomic E-state index is 13.0. The summed E-state index contributed by atoms with van der Waals surface area (Å²) in [5.41, 5.74) is 2.89. The predicted molar refractivity (Wildman–Crippen MR) is 88.4 cm³/mol. The summed E-state index contributed by atoms with van der Waals surface area (Å²) in [6.45, 7) is 1.76. The number of rotatable bonds is 5. The van der Waals surface area contributed by atoms with Crippen LogP contribution in [0.25, 0.3) is 0 Å². The van der Waals surface area contributed by atoms with E-state index < -0.39 is 0 Å². The molecule has 0 bridgehead atoms. The van der Waals surface area contributed by atoms with Crippen LogP contribution >= 0.6 is 11.3 Å². The van der Waals surface area contributed by atoms with Gasteiger partial charge in [0.25, 0.3) is 0 Å². The first-order valence-corrected chi connectivity index (χ1v) is 8.42. The molecule has 1 aliphatic rings. The third-order valence-corrected chi connectivity index (χ3v) is 4.29. The zero-order chi connectivity index (χ0) is 16.5. The van der Waals surface area contributed by atoms with E-state index in [1.54, 1.807) is 6.92 Å². The fraction of sp³-hybridized carbons (Fsp3) is 0.250. The fourth-order valence-corrected chi connectivity index (χ4v) is 3.03. The van der Waals surface area contributed by atoms with E-state index in [1.165, 1.54) is 48.4 Å². The highest BCUT2D eigenvalue weighted by molar-refractivity contribution is 7.14. The van der Waals surface area contributed by atoms with Crippen LogP contribution in [0.3, 0.4) is 0 Å². The van der Waals surface area contributed by atoms with Gasteiger partial charge >= 0.3 is 6.01 Å². The van der Waals surface area contributed by atoms with E-state index in [0.29, 0.717) is 23.4 Å². The molecule has 0 amide bonds. The molecule has 122 valence electrons. The van der Waals surface area contributed by atoms with Gasteiger partial charge in [0.2, 0.25) is 5.95 Å². The van der Waals surface area contributed by atoms with E-state index in [2.05, 4.69) is 25.3 Å². The molecular weight excluding hydrogens is 329 g/mol. The first kappa shape index (κ1) is 14.9. The molecule has 0 aliphatic heterocycles. The van der Waals surface area contributed by atoms with Crippen molar-refractivity contribution in [3.8, 4) is 11.8 Å². The molecule has 0 saturated heterocycles. The van der Waals surface area contributed by atoms with Gasteiger partial charge in [0.15, 0.2) is 0 Å². The standard InChI is InChI=1S/C16H14FN5OS/c1-9-19-15(21-14-13(10-2-3-10)18-8-24-14)22-16(20-9)23-12-6-4-11(17)5-7-12/h4-8,10H,2-3H2,1H3,(H,19,20,21,22). The van der Waals surface area contributed by atoms with Crippen molar-refractivity contribution in [2.24, 2.45) is 0 Å². The summed E-state index contributed by atoms with van der Waals surface area (Å²) in [6.07, 6.45) is 2.35. The van der Waals surface area contributed by atoms with E-state index in [-0.39, 0.29) is 11.8 Å². The van der Waals surface area contributed by atoms with Gasteiger partial charge in [-0.15, -0.1) is 11.3 Å². The Morgan fingerprint density at radius 2 is 1.96 bits per heavy atom. The Bertz CT molecular complexity index is 863. The minimum Gasteiger partial charge on any atom is -0.424 e. The second kappa shape index (κ2) is 6.12. The summed E-state index contributed by atoms with van der Waals surface area (Å²) in [4.78, 5) is 17.1. The summed E-state index contributed by atoms with van der Waals surface area (Å²) >= 11 is 1.52. The molecule has 2 aromatic heterocycles. The summed E-state index contributed by atoms with van der Waals surface area (Å²) < 4.78 is 18.5. The van der Waals surface area contributed by atoms with Gasteiger partial charge in [0, 0.05) is 5.92 Å². The summed E-state index contributed by atoms with van der Waals surface area (Å²) in [7, 11) is 0. The van der Waals surface area contributed by atoms with Crippen LogP contribution in [0.2, 0.25) is 0 Å². The quantitative estimate of drug-likeness (QED) is 0.749. The van der Waals surface area contributed by atoms with Crippen LogP contribution in [-0.2, 0) is 0 Å². The molecule has 1 fully saturated rings. The molecule has 8 heteroatoms. The molecule has 3 aromatic rings. The Kier molecular flexibility index (Phi) is 3.81. The molecule has 6 nitrogen and oxygen atoms in total. The van der Waals surface area contributed by atoms with E-state index in [9.17, 15) is 4.39 Å². The van der Waals surface area contributed by atoms with Crippen molar-refractivity contribution in [3.63, 3.8) is 0 Å². The van der Waals surface area contributed by atoms with Crippen LogP contribution in [0.1, 0.15) is 30.3 Å². The number of nitrogens with one attached hydrogen (secondary N) is 1. The Morgan fingerprint density at radius 3 is 2.71 bits per heavy atom. The van der Waals surface area contributed by atoms with Crippen molar-refractivity contribution in [3.05, 3.63) is 47.1 Å². The minimum atomic E-state index is -0.325. The van der Waals surface area contributed by atoms with Crippen LogP contribution in [0.5, 0.6) is 11.8 Å². The normalized spacial score (nSPS) is 13.8. The maximum absolute atomic E-state index is 13.0. The van der Waals surface area contributed by atoms with Gasteiger partial charge in [-0.2, -0.15) is 15.0 Å². The van der Waals surface area contributed by atoms with Crippen molar-refractivity contribution in [1.82, 2.24) is 19.9 Å². The second-order valence-corrected chi connectivity index (χ2v) is 6.37. The average molecular weight is 343 g/mol. The third kappa shape index (κ3) is 3.33. The van der Waals surface area contributed by atoms with Crippen LogP contribution in [-0.4, -0.2) is 19.9 Å². The zero-order valence-electron chi connectivity index (χ0n) is 12.9. The van der Waals surface area contributed by atoms with Gasteiger partial charge in [-0.05, 0) is 44.0 Å². The number of ether oxygens (including phenoxy) is 1. The van der Waals surface area contributed by atoms with Crippen molar-refractivity contribution in [2.45, 2.75) is 25.7 Å². The summed E-state index contributed by atoms with van der Waals surface area (Å²) in [5.74, 6) is 1.61. The van der Waals surface area contributed by atoms with Gasteiger partial charge in [-0.3, -0.25) is 0 Å². The highest BCUT2D eigenvalue weighted by atomic mass is 32.1.